The van der Waals surface area contributed by atoms with E-state index in [2.05, 4.69) is 65.9 Å². The van der Waals surface area contributed by atoms with Gasteiger partial charge in [-0.05, 0) is 61.3 Å². The maximum atomic E-state index is 3.36. The van der Waals surface area contributed by atoms with E-state index in [4.69, 9.17) is 0 Å². The molecule has 0 fully saturated rings. The first kappa shape index (κ1) is 12.9. The van der Waals surface area contributed by atoms with Crippen LogP contribution in [0.4, 0.5) is 0 Å². The molecule has 1 heterocycles. The summed E-state index contributed by atoms with van der Waals surface area (Å²) in [5.74, 6) is 0. The first-order chi connectivity index (χ1) is 9.79. The van der Waals surface area contributed by atoms with E-state index in [-0.39, 0.29) is 0 Å². The molecule has 0 bridgehead atoms. The van der Waals surface area contributed by atoms with Crippen LogP contribution in [-0.4, -0.2) is 18.6 Å². The molecule has 0 saturated carbocycles. The average Bonchev–Trinajstić information content (AvgIpc) is 2.88. The van der Waals surface area contributed by atoms with Gasteiger partial charge < -0.3 is 10.3 Å². The molecule has 0 unspecified atom stereocenters. The van der Waals surface area contributed by atoms with E-state index in [1.54, 1.807) is 0 Å². The van der Waals surface area contributed by atoms with Crippen molar-refractivity contribution in [1.82, 2.24) is 10.3 Å². The van der Waals surface area contributed by atoms with Gasteiger partial charge in [0, 0.05) is 17.1 Å². The topological polar surface area (TPSA) is 27.8 Å². The van der Waals surface area contributed by atoms with Crippen LogP contribution in [0, 0.1) is 6.92 Å². The van der Waals surface area contributed by atoms with E-state index >= 15 is 0 Å². The minimum absolute atomic E-state index is 1.00. The highest BCUT2D eigenvalue weighted by Gasteiger charge is 2.06. The minimum Gasteiger partial charge on any atom is -0.361 e. The molecule has 0 atom stereocenters. The molecule has 2 N–H and O–H groups in total. The van der Waals surface area contributed by atoms with Gasteiger partial charge in [0.05, 0.1) is 0 Å². The Bertz CT molecular complexity index is 725. The van der Waals surface area contributed by atoms with Crippen molar-refractivity contribution in [2.75, 3.05) is 13.6 Å². The number of fused-ring (bicyclic) bond motifs is 1. The number of hydrogen-bond donors (Lipinski definition) is 2. The molecule has 3 rings (SSSR count). The Kier molecular flexibility index (Phi) is 3.57. The molecule has 0 spiro atoms. The molecule has 1 aromatic heterocycles. The van der Waals surface area contributed by atoms with Gasteiger partial charge >= 0.3 is 0 Å². The minimum atomic E-state index is 1.00. The van der Waals surface area contributed by atoms with Crippen molar-refractivity contribution in [1.29, 1.82) is 0 Å². The van der Waals surface area contributed by atoms with Gasteiger partial charge in [0.1, 0.15) is 0 Å². The lowest BCUT2D eigenvalue weighted by Gasteiger charge is -2.07. The van der Waals surface area contributed by atoms with Crippen LogP contribution in [0.2, 0.25) is 0 Å². The van der Waals surface area contributed by atoms with Crippen molar-refractivity contribution < 1.29 is 0 Å². The van der Waals surface area contributed by atoms with Gasteiger partial charge in [0.15, 0.2) is 0 Å². The zero-order valence-corrected chi connectivity index (χ0v) is 12.0. The number of rotatable bonds is 4. The second-order valence-corrected chi connectivity index (χ2v) is 5.24. The van der Waals surface area contributed by atoms with Crippen molar-refractivity contribution in [3.63, 3.8) is 0 Å². The summed E-state index contributed by atoms with van der Waals surface area (Å²) < 4.78 is 0. The van der Waals surface area contributed by atoms with Crippen molar-refractivity contribution in [2.45, 2.75) is 13.3 Å². The van der Waals surface area contributed by atoms with Crippen LogP contribution < -0.4 is 5.32 Å². The molecule has 2 nitrogen and oxygen atoms in total. The maximum absolute atomic E-state index is 3.36. The fourth-order valence-corrected chi connectivity index (χ4v) is 2.71. The molecule has 0 radical (unpaired) electrons. The van der Waals surface area contributed by atoms with E-state index < -0.39 is 0 Å². The molecule has 20 heavy (non-hydrogen) atoms. The van der Waals surface area contributed by atoms with Crippen LogP contribution in [0.1, 0.15) is 11.1 Å². The third-order valence-corrected chi connectivity index (χ3v) is 3.87. The lowest BCUT2D eigenvalue weighted by Crippen LogP contribution is -2.09. The first-order valence-electron chi connectivity index (χ1n) is 7.10. The van der Waals surface area contributed by atoms with E-state index in [9.17, 15) is 0 Å². The Hall–Kier alpha value is -2.06. The Balaban J connectivity index is 2.07. The van der Waals surface area contributed by atoms with Gasteiger partial charge in [-0.2, -0.15) is 0 Å². The Morgan fingerprint density at radius 3 is 2.75 bits per heavy atom. The lowest BCUT2D eigenvalue weighted by atomic mass is 9.98. The summed E-state index contributed by atoms with van der Waals surface area (Å²) in [4.78, 5) is 3.36. The molecule has 0 amide bonds. The smallest absolute Gasteiger partial charge is 0.0457 e. The van der Waals surface area contributed by atoms with Crippen molar-refractivity contribution in [3.8, 4) is 11.1 Å². The molecular formula is C18H20N2. The highest BCUT2D eigenvalue weighted by atomic mass is 14.8. The molecule has 2 aromatic carbocycles. The lowest BCUT2D eigenvalue weighted by molar-refractivity contribution is 0.795. The monoisotopic (exact) mass is 264 g/mol. The molecule has 0 aliphatic carbocycles. The van der Waals surface area contributed by atoms with Crippen molar-refractivity contribution in [2.24, 2.45) is 0 Å². The highest BCUT2D eigenvalue weighted by molar-refractivity contribution is 5.88. The zero-order valence-electron chi connectivity index (χ0n) is 12.0. The second-order valence-electron chi connectivity index (χ2n) is 5.24. The molecule has 0 saturated heterocycles. The standard InChI is InChI=1S/C18H20N2/c1-13-5-3-4-6-16(13)14-7-8-18-17(11-14)15(12-20-18)9-10-19-2/h3-8,11-12,19-20H,9-10H2,1-2H3. The fraction of sp³-hybridized carbons (Fsp3) is 0.222. The summed E-state index contributed by atoms with van der Waals surface area (Å²) in [7, 11) is 1.99. The Labute approximate surface area is 119 Å². The largest absolute Gasteiger partial charge is 0.361 e. The number of hydrogen-bond acceptors (Lipinski definition) is 1. The molecule has 102 valence electrons. The molecule has 0 aliphatic heterocycles. The first-order valence-corrected chi connectivity index (χ1v) is 7.10. The number of aromatic amines is 1. The van der Waals surface area contributed by atoms with Gasteiger partial charge in [-0.1, -0.05) is 30.3 Å². The third kappa shape index (κ3) is 2.35. The normalized spacial score (nSPS) is 11.1. The number of benzene rings is 2. The number of aromatic nitrogens is 1. The Morgan fingerprint density at radius 1 is 1.10 bits per heavy atom. The number of aryl methyl sites for hydroxylation is 1. The van der Waals surface area contributed by atoms with Crippen LogP contribution in [-0.2, 0) is 6.42 Å². The second kappa shape index (κ2) is 5.51. The fourth-order valence-electron chi connectivity index (χ4n) is 2.71. The van der Waals surface area contributed by atoms with Gasteiger partial charge in [-0.3, -0.25) is 0 Å². The summed E-state index contributed by atoms with van der Waals surface area (Å²) in [6, 6.07) is 15.2. The zero-order chi connectivity index (χ0) is 13.9. The third-order valence-electron chi connectivity index (χ3n) is 3.87. The van der Waals surface area contributed by atoms with Crippen LogP contribution in [0.25, 0.3) is 22.0 Å². The van der Waals surface area contributed by atoms with Crippen LogP contribution >= 0.6 is 0 Å². The van der Waals surface area contributed by atoms with E-state index in [0.717, 1.165) is 13.0 Å². The summed E-state index contributed by atoms with van der Waals surface area (Å²) >= 11 is 0. The summed E-state index contributed by atoms with van der Waals surface area (Å²) in [5.41, 5.74) is 6.52. The average molecular weight is 264 g/mol. The van der Waals surface area contributed by atoms with Gasteiger partial charge in [0.25, 0.3) is 0 Å². The highest BCUT2D eigenvalue weighted by Crippen LogP contribution is 2.28. The summed E-state index contributed by atoms with van der Waals surface area (Å²) in [5, 5.41) is 4.55. The summed E-state index contributed by atoms with van der Waals surface area (Å²) in [6.45, 7) is 3.17. The van der Waals surface area contributed by atoms with Gasteiger partial charge in [0.2, 0.25) is 0 Å². The van der Waals surface area contributed by atoms with Gasteiger partial charge in [-0.25, -0.2) is 0 Å². The van der Waals surface area contributed by atoms with Crippen molar-refractivity contribution in [3.05, 3.63) is 59.8 Å². The predicted octanol–water partition coefficient (Wildman–Crippen LogP) is 3.91. The molecular weight excluding hydrogens is 244 g/mol. The SMILES string of the molecule is CNCCc1c[nH]c2ccc(-c3ccccc3C)cc12. The van der Waals surface area contributed by atoms with E-state index in [1.165, 1.54) is 33.2 Å². The number of likely N-dealkylation sites (N-methyl/N-ethyl adjacent to an activating group) is 1. The number of H-pyrrole nitrogens is 1. The molecule has 0 aliphatic rings. The van der Waals surface area contributed by atoms with E-state index in [0.29, 0.717) is 0 Å². The number of nitrogens with one attached hydrogen (secondary N) is 2. The van der Waals surface area contributed by atoms with Gasteiger partial charge in [-0.15, -0.1) is 0 Å². The van der Waals surface area contributed by atoms with Crippen LogP contribution in [0.5, 0.6) is 0 Å². The quantitative estimate of drug-likeness (QED) is 0.734. The van der Waals surface area contributed by atoms with Crippen molar-refractivity contribution >= 4 is 10.9 Å². The van der Waals surface area contributed by atoms with Crippen LogP contribution in [0.15, 0.2) is 48.7 Å². The van der Waals surface area contributed by atoms with E-state index in [1.807, 2.05) is 7.05 Å². The molecule has 2 heteroatoms. The Morgan fingerprint density at radius 2 is 1.95 bits per heavy atom. The molecule has 3 aromatic rings. The predicted molar refractivity (Wildman–Crippen MR) is 86.1 cm³/mol. The maximum Gasteiger partial charge on any atom is 0.0457 e. The van der Waals surface area contributed by atoms with Crippen LogP contribution in [0.3, 0.4) is 0 Å². The summed E-state index contributed by atoms with van der Waals surface area (Å²) in [6.07, 6.45) is 3.18.